The molecule has 0 fully saturated rings. The van der Waals surface area contributed by atoms with Gasteiger partial charge in [-0.15, -0.1) is 0 Å². The molecule has 0 aliphatic carbocycles. The summed E-state index contributed by atoms with van der Waals surface area (Å²) >= 11 is 0. The monoisotopic (exact) mass is 443 g/mol. The second-order valence-corrected chi connectivity index (χ2v) is 8.69. The molecule has 6 rings (SSSR count). The highest BCUT2D eigenvalue weighted by atomic mass is 15.1. The summed E-state index contributed by atoms with van der Waals surface area (Å²) in [7, 11) is 0. The van der Waals surface area contributed by atoms with Crippen molar-refractivity contribution >= 4 is 38.7 Å². The van der Waals surface area contributed by atoms with Gasteiger partial charge in [-0.2, -0.15) is 10.2 Å². The molecule has 3 aromatic carbocycles. The van der Waals surface area contributed by atoms with E-state index in [1.165, 1.54) is 0 Å². The molecular weight excluding hydrogens is 422 g/mol. The number of hydrogen-bond donors (Lipinski definition) is 1. The zero-order chi connectivity index (χ0) is 23.4. The normalized spacial score (nSPS) is 11.5. The Balaban J connectivity index is 1.71. The third-order valence-electron chi connectivity index (χ3n) is 6.07. The van der Waals surface area contributed by atoms with Crippen molar-refractivity contribution < 1.29 is 0 Å². The lowest BCUT2D eigenvalue weighted by Gasteiger charge is -2.14. The Kier molecular flexibility index (Phi) is 4.45. The minimum absolute atomic E-state index is 0.234. The number of benzene rings is 3. The molecule has 0 radical (unpaired) electrons. The first-order valence-corrected chi connectivity index (χ1v) is 11.0. The highest BCUT2D eigenvalue weighted by molar-refractivity contribution is 6.08. The van der Waals surface area contributed by atoms with Gasteiger partial charge < -0.3 is 5.73 Å². The Morgan fingerprint density at radius 1 is 0.676 bits per heavy atom. The van der Waals surface area contributed by atoms with Crippen molar-refractivity contribution in [2.24, 2.45) is 0 Å². The van der Waals surface area contributed by atoms with Crippen LogP contribution in [0.1, 0.15) is 16.7 Å². The molecule has 2 N–H and O–H groups in total. The first-order chi connectivity index (χ1) is 16.5. The van der Waals surface area contributed by atoms with Gasteiger partial charge in [-0.25, -0.2) is 19.9 Å². The number of rotatable bonds is 2. The lowest BCUT2D eigenvalue weighted by Crippen LogP contribution is -1.99. The number of nitrogens with two attached hydrogens (primary N) is 1. The maximum atomic E-state index is 5.94. The molecule has 7 heteroatoms. The van der Waals surface area contributed by atoms with Gasteiger partial charge in [0.2, 0.25) is 5.95 Å². The summed E-state index contributed by atoms with van der Waals surface area (Å²) in [6, 6.07) is 14.6. The van der Waals surface area contributed by atoms with Crippen LogP contribution in [0.3, 0.4) is 0 Å². The molecule has 0 aliphatic rings. The maximum Gasteiger partial charge on any atom is 0.220 e. The van der Waals surface area contributed by atoms with Crippen LogP contribution < -0.4 is 5.73 Å². The highest BCUT2D eigenvalue weighted by Crippen LogP contribution is 2.38. The van der Waals surface area contributed by atoms with Crippen molar-refractivity contribution in [3.63, 3.8) is 0 Å². The average molecular weight is 444 g/mol. The predicted octanol–water partition coefficient (Wildman–Crippen LogP) is 5.36. The predicted molar refractivity (Wildman–Crippen MR) is 135 cm³/mol. The van der Waals surface area contributed by atoms with Gasteiger partial charge in [-0.05, 0) is 68.3 Å². The smallest absolute Gasteiger partial charge is 0.220 e. The van der Waals surface area contributed by atoms with Crippen molar-refractivity contribution in [2.45, 2.75) is 20.8 Å². The molecule has 0 saturated heterocycles. The third-order valence-corrected chi connectivity index (χ3v) is 6.07. The standard InChI is InChI=1S/C27H21N7/c1-14-4-5-23-18(7-14)22(12-32-34-23)19-8-16(3)10-21-25(19)30-13-31-26(21)20-9-15(2)6-17-11-29-27(28)33-24(17)20/h4-13H,1-3H3,(H2,28,29,33). The number of nitrogens with zero attached hydrogens (tertiary/aromatic N) is 6. The lowest BCUT2D eigenvalue weighted by atomic mass is 9.94. The van der Waals surface area contributed by atoms with Gasteiger partial charge in [0, 0.05) is 39.0 Å². The van der Waals surface area contributed by atoms with Gasteiger partial charge in [0.25, 0.3) is 0 Å². The van der Waals surface area contributed by atoms with Crippen LogP contribution in [0.2, 0.25) is 0 Å². The van der Waals surface area contributed by atoms with Crippen LogP contribution in [0.15, 0.2) is 61.2 Å². The first-order valence-electron chi connectivity index (χ1n) is 11.0. The molecule has 164 valence electrons. The highest BCUT2D eigenvalue weighted by Gasteiger charge is 2.17. The first kappa shape index (κ1) is 20.1. The molecule has 0 spiro atoms. The van der Waals surface area contributed by atoms with Crippen molar-refractivity contribution in [2.75, 3.05) is 5.73 Å². The van der Waals surface area contributed by atoms with Crippen LogP contribution in [0.4, 0.5) is 5.95 Å². The molecular formula is C27H21N7. The summed E-state index contributed by atoms with van der Waals surface area (Å²) in [6.07, 6.45) is 5.18. The van der Waals surface area contributed by atoms with Crippen LogP contribution in [0.25, 0.3) is 55.1 Å². The molecule has 0 atom stereocenters. The number of fused-ring (bicyclic) bond motifs is 3. The summed E-state index contributed by atoms with van der Waals surface area (Å²) < 4.78 is 0. The van der Waals surface area contributed by atoms with Crippen LogP contribution in [-0.2, 0) is 0 Å². The van der Waals surface area contributed by atoms with Gasteiger partial charge in [0.1, 0.15) is 6.33 Å². The molecule has 0 bridgehead atoms. The topological polar surface area (TPSA) is 103 Å². The van der Waals surface area contributed by atoms with E-state index in [4.69, 9.17) is 15.7 Å². The molecule has 0 saturated carbocycles. The fourth-order valence-corrected chi connectivity index (χ4v) is 4.61. The van der Waals surface area contributed by atoms with Crippen LogP contribution in [-0.4, -0.2) is 30.1 Å². The van der Waals surface area contributed by atoms with Crippen molar-refractivity contribution in [1.82, 2.24) is 30.1 Å². The summed E-state index contributed by atoms with van der Waals surface area (Å²) in [6.45, 7) is 6.21. The van der Waals surface area contributed by atoms with Gasteiger partial charge in [-0.3, -0.25) is 0 Å². The van der Waals surface area contributed by atoms with E-state index in [9.17, 15) is 0 Å². The van der Waals surface area contributed by atoms with Crippen LogP contribution in [0.5, 0.6) is 0 Å². The summed E-state index contributed by atoms with van der Waals surface area (Å²) in [5, 5.41) is 11.5. The van der Waals surface area contributed by atoms with Gasteiger partial charge >= 0.3 is 0 Å². The van der Waals surface area contributed by atoms with Crippen LogP contribution in [0, 0.1) is 20.8 Å². The Morgan fingerprint density at radius 2 is 1.47 bits per heavy atom. The molecule has 6 aromatic rings. The number of anilines is 1. The second-order valence-electron chi connectivity index (χ2n) is 8.69. The number of hydrogen-bond acceptors (Lipinski definition) is 7. The number of aromatic nitrogens is 6. The van der Waals surface area contributed by atoms with E-state index in [-0.39, 0.29) is 5.95 Å². The maximum absolute atomic E-state index is 5.94. The summed E-state index contributed by atoms with van der Waals surface area (Å²) in [5.74, 6) is 0.234. The van der Waals surface area contributed by atoms with Crippen molar-refractivity contribution in [1.29, 1.82) is 0 Å². The van der Waals surface area contributed by atoms with Crippen molar-refractivity contribution in [3.05, 3.63) is 77.9 Å². The summed E-state index contributed by atoms with van der Waals surface area (Å²) in [5.41, 5.74) is 15.5. The summed E-state index contributed by atoms with van der Waals surface area (Å²) in [4.78, 5) is 18.1. The van der Waals surface area contributed by atoms with E-state index in [2.05, 4.69) is 71.3 Å². The van der Waals surface area contributed by atoms with Crippen molar-refractivity contribution in [3.8, 4) is 22.4 Å². The van der Waals surface area contributed by atoms with E-state index in [1.807, 2.05) is 18.3 Å². The van der Waals surface area contributed by atoms with E-state index < -0.39 is 0 Å². The Labute approximate surface area is 195 Å². The minimum Gasteiger partial charge on any atom is -0.368 e. The zero-order valence-corrected chi connectivity index (χ0v) is 19.0. The Bertz CT molecular complexity index is 1760. The van der Waals surface area contributed by atoms with E-state index >= 15 is 0 Å². The Morgan fingerprint density at radius 3 is 2.35 bits per heavy atom. The fraction of sp³-hybridized carbons (Fsp3) is 0.111. The average Bonchev–Trinajstić information content (AvgIpc) is 2.82. The molecule has 7 nitrogen and oxygen atoms in total. The quantitative estimate of drug-likeness (QED) is 0.384. The lowest BCUT2D eigenvalue weighted by molar-refractivity contribution is 1.08. The van der Waals surface area contributed by atoms with E-state index in [0.29, 0.717) is 0 Å². The van der Waals surface area contributed by atoms with Gasteiger partial charge in [0.15, 0.2) is 0 Å². The third kappa shape index (κ3) is 3.21. The molecule has 0 aliphatic heterocycles. The Hall–Kier alpha value is -4.52. The number of nitrogen functional groups attached to an aromatic ring is 1. The molecule has 3 aromatic heterocycles. The fourth-order valence-electron chi connectivity index (χ4n) is 4.61. The van der Waals surface area contributed by atoms with E-state index in [0.717, 1.165) is 71.8 Å². The zero-order valence-electron chi connectivity index (χ0n) is 19.0. The largest absolute Gasteiger partial charge is 0.368 e. The molecule has 0 amide bonds. The second kappa shape index (κ2) is 7.52. The number of aryl methyl sites for hydroxylation is 3. The van der Waals surface area contributed by atoms with Gasteiger partial charge in [0.05, 0.1) is 28.4 Å². The molecule has 0 unspecified atom stereocenters. The minimum atomic E-state index is 0.234. The SMILES string of the molecule is Cc1cc(-c2ncnc3c(-c4cnnc5ccc(C)cc45)cc(C)cc23)c2nc(N)ncc2c1. The molecule has 3 heterocycles. The van der Waals surface area contributed by atoms with E-state index in [1.54, 1.807) is 12.5 Å². The van der Waals surface area contributed by atoms with Gasteiger partial charge in [-0.1, -0.05) is 11.6 Å². The van der Waals surface area contributed by atoms with Crippen LogP contribution >= 0.6 is 0 Å². The molecule has 34 heavy (non-hydrogen) atoms.